The molecule has 3 nitrogen and oxygen atoms in total. The first-order valence-corrected chi connectivity index (χ1v) is 5.38. The van der Waals surface area contributed by atoms with Crippen molar-refractivity contribution in [1.82, 2.24) is 10.6 Å². The number of unbranched alkanes of at least 4 members (excludes halogenated alkanes) is 2. The average Bonchev–Trinajstić information content (AvgIpc) is 2.15. The molecule has 0 unspecified atom stereocenters. The van der Waals surface area contributed by atoms with Gasteiger partial charge < -0.3 is 16.4 Å². The van der Waals surface area contributed by atoms with Crippen LogP contribution in [-0.2, 0) is 0 Å². The summed E-state index contributed by atoms with van der Waals surface area (Å²) < 4.78 is 0. The van der Waals surface area contributed by atoms with Crippen molar-refractivity contribution < 1.29 is 0 Å². The first-order valence-electron chi connectivity index (χ1n) is 5.38. The minimum atomic E-state index is 0.726. The van der Waals surface area contributed by atoms with E-state index in [2.05, 4.69) is 24.5 Å². The van der Waals surface area contributed by atoms with Gasteiger partial charge in [0.1, 0.15) is 0 Å². The zero-order chi connectivity index (χ0) is 10.4. The number of rotatable bonds is 7. The lowest BCUT2D eigenvalue weighted by atomic mass is 10.3. The summed E-state index contributed by atoms with van der Waals surface area (Å²) in [7, 11) is 1.93. The Morgan fingerprint density at radius 1 is 1.00 bits per heavy atom. The fourth-order valence-corrected chi connectivity index (χ4v) is 0.794. The average molecular weight is 189 g/mol. The maximum Gasteiger partial charge on any atom is 0.00771 e. The van der Waals surface area contributed by atoms with E-state index in [9.17, 15) is 0 Å². The molecule has 0 atom stereocenters. The Bertz CT molecular complexity index is 59.2. The van der Waals surface area contributed by atoms with Crippen LogP contribution in [0.2, 0.25) is 0 Å². The predicted octanol–water partition coefficient (Wildman–Crippen LogP) is 0.951. The van der Waals surface area contributed by atoms with Gasteiger partial charge in [0.05, 0.1) is 0 Å². The molecule has 0 aliphatic carbocycles. The van der Waals surface area contributed by atoms with Crippen molar-refractivity contribution in [1.29, 1.82) is 0 Å². The van der Waals surface area contributed by atoms with Gasteiger partial charge in [-0.15, -0.1) is 0 Å². The minimum absolute atomic E-state index is 0.726. The smallest absolute Gasteiger partial charge is 0.00771 e. The summed E-state index contributed by atoms with van der Waals surface area (Å²) in [5.41, 5.74) is 5.23. The SMILES string of the molecule is CCCCC.CNCCNCCN. The van der Waals surface area contributed by atoms with E-state index in [4.69, 9.17) is 5.73 Å². The van der Waals surface area contributed by atoms with Gasteiger partial charge in [0.25, 0.3) is 0 Å². The van der Waals surface area contributed by atoms with Gasteiger partial charge in [-0.25, -0.2) is 0 Å². The van der Waals surface area contributed by atoms with Crippen molar-refractivity contribution >= 4 is 0 Å². The van der Waals surface area contributed by atoms with Gasteiger partial charge >= 0.3 is 0 Å². The Hall–Kier alpha value is -0.120. The Balaban J connectivity index is 0. The number of hydrogen-bond acceptors (Lipinski definition) is 3. The predicted molar refractivity (Wildman–Crippen MR) is 61.0 cm³/mol. The van der Waals surface area contributed by atoms with Crippen LogP contribution in [0.25, 0.3) is 0 Å². The van der Waals surface area contributed by atoms with Crippen LogP contribution in [-0.4, -0.2) is 33.2 Å². The van der Waals surface area contributed by atoms with E-state index in [1.807, 2.05) is 7.05 Å². The Kier molecular flexibility index (Phi) is 21.1. The first kappa shape index (κ1) is 15.4. The minimum Gasteiger partial charge on any atom is -0.329 e. The maximum atomic E-state index is 5.23. The van der Waals surface area contributed by atoms with Crippen molar-refractivity contribution in [2.45, 2.75) is 33.1 Å². The second-order valence-electron chi connectivity index (χ2n) is 3.00. The second-order valence-corrected chi connectivity index (χ2v) is 3.00. The monoisotopic (exact) mass is 189 g/mol. The normalized spacial score (nSPS) is 9.23. The third-order valence-corrected chi connectivity index (χ3v) is 1.58. The van der Waals surface area contributed by atoms with Gasteiger partial charge in [-0.05, 0) is 7.05 Å². The Morgan fingerprint density at radius 2 is 1.62 bits per heavy atom. The lowest BCUT2D eigenvalue weighted by molar-refractivity contribution is 0.654. The van der Waals surface area contributed by atoms with Gasteiger partial charge in [0.2, 0.25) is 0 Å². The highest BCUT2D eigenvalue weighted by atomic mass is 14.9. The standard InChI is InChI=1S/C5H15N3.C5H12/c1-7-4-5-8-3-2-6;1-3-5-4-2/h7-8H,2-6H2,1H3;3-5H2,1-2H3. The zero-order valence-electron chi connectivity index (χ0n) is 9.53. The summed E-state index contributed by atoms with van der Waals surface area (Å²) >= 11 is 0. The molecular weight excluding hydrogens is 162 g/mol. The van der Waals surface area contributed by atoms with Crippen molar-refractivity contribution in [2.24, 2.45) is 5.73 Å². The molecule has 0 spiro atoms. The Labute approximate surface area is 83.5 Å². The molecule has 0 aliphatic heterocycles. The van der Waals surface area contributed by atoms with Crippen LogP contribution in [0.5, 0.6) is 0 Å². The van der Waals surface area contributed by atoms with Gasteiger partial charge in [-0.2, -0.15) is 0 Å². The molecule has 0 saturated heterocycles. The quantitative estimate of drug-likeness (QED) is 0.523. The molecule has 0 heterocycles. The maximum absolute atomic E-state index is 5.23. The molecule has 3 heteroatoms. The van der Waals surface area contributed by atoms with Crippen molar-refractivity contribution in [2.75, 3.05) is 33.2 Å². The third-order valence-electron chi connectivity index (χ3n) is 1.58. The van der Waals surface area contributed by atoms with Crippen LogP contribution in [0, 0.1) is 0 Å². The van der Waals surface area contributed by atoms with Crippen LogP contribution in [0.4, 0.5) is 0 Å². The molecule has 0 aliphatic rings. The summed E-state index contributed by atoms with van der Waals surface area (Å²) in [6.07, 6.45) is 4.08. The third kappa shape index (κ3) is 24.5. The van der Waals surface area contributed by atoms with Gasteiger partial charge in [-0.3, -0.25) is 0 Å². The lowest BCUT2D eigenvalue weighted by Gasteiger charge is -1.99. The molecule has 0 aromatic heterocycles. The van der Waals surface area contributed by atoms with Crippen LogP contribution in [0.1, 0.15) is 33.1 Å². The summed E-state index contributed by atoms with van der Waals surface area (Å²) in [6.45, 7) is 8.09. The summed E-state index contributed by atoms with van der Waals surface area (Å²) in [5, 5.41) is 6.17. The Morgan fingerprint density at radius 3 is 1.92 bits per heavy atom. The van der Waals surface area contributed by atoms with E-state index in [-0.39, 0.29) is 0 Å². The highest BCUT2D eigenvalue weighted by Gasteiger charge is 1.79. The summed E-state index contributed by atoms with van der Waals surface area (Å²) in [5.74, 6) is 0. The van der Waals surface area contributed by atoms with Crippen molar-refractivity contribution in [3.63, 3.8) is 0 Å². The van der Waals surface area contributed by atoms with E-state index in [1.165, 1.54) is 19.3 Å². The fraction of sp³-hybridized carbons (Fsp3) is 1.00. The molecule has 0 aromatic carbocycles. The van der Waals surface area contributed by atoms with Crippen LogP contribution in [0.3, 0.4) is 0 Å². The zero-order valence-corrected chi connectivity index (χ0v) is 9.53. The van der Waals surface area contributed by atoms with E-state index < -0.39 is 0 Å². The highest BCUT2D eigenvalue weighted by Crippen LogP contribution is 1.88. The highest BCUT2D eigenvalue weighted by molar-refractivity contribution is 4.47. The van der Waals surface area contributed by atoms with Crippen LogP contribution < -0.4 is 16.4 Å². The number of likely N-dealkylation sites (N-methyl/N-ethyl adjacent to an activating group) is 1. The number of nitrogens with one attached hydrogen (secondary N) is 2. The van der Waals surface area contributed by atoms with Gasteiger partial charge in [0.15, 0.2) is 0 Å². The van der Waals surface area contributed by atoms with Gasteiger partial charge in [0, 0.05) is 26.2 Å². The van der Waals surface area contributed by atoms with E-state index in [0.717, 1.165) is 26.2 Å². The van der Waals surface area contributed by atoms with Crippen LogP contribution in [0.15, 0.2) is 0 Å². The van der Waals surface area contributed by atoms with Gasteiger partial charge in [-0.1, -0.05) is 33.1 Å². The number of hydrogen-bond donors (Lipinski definition) is 3. The molecule has 0 saturated carbocycles. The molecule has 82 valence electrons. The van der Waals surface area contributed by atoms with Crippen molar-refractivity contribution in [3.8, 4) is 0 Å². The molecule has 4 N–H and O–H groups in total. The summed E-state index contributed by atoms with van der Waals surface area (Å²) in [6, 6.07) is 0. The van der Waals surface area contributed by atoms with Crippen molar-refractivity contribution in [3.05, 3.63) is 0 Å². The topological polar surface area (TPSA) is 50.1 Å². The van der Waals surface area contributed by atoms with E-state index in [1.54, 1.807) is 0 Å². The molecule has 0 fully saturated rings. The summed E-state index contributed by atoms with van der Waals surface area (Å²) in [4.78, 5) is 0. The molecule has 0 bridgehead atoms. The fourth-order valence-electron chi connectivity index (χ4n) is 0.794. The molecule has 13 heavy (non-hydrogen) atoms. The molecular formula is C10H27N3. The van der Waals surface area contributed by atoms with E-state index in [0.29, 0.717) is 0 Å². The molecule has 0 radical (unpaired) electrons. The van der Waals surface area contributed by atoms with Crippen LogP contribution >= 0.6 is 0 Å². The number of nitrogens with two attached hydrogens (primary N) is 1. The lowest BCUT2D eigenvalue weighted by Crippen LogP contribution is -2.29. The molecule has 0 rings (SSSR count). The first-order chi connectivity index (χ1) is 6.33. The molecule has 0 amide bonds. The molecule has 0 aromatic rings. The van der Waals surface area contributed by atoms with E-state index >= 15 is 0 Å². The second kappa shape index (κ2) is 17.8. The largest absolute Gasteiger partial charge is 0.329 e.